The number of rotatable bonds is 6. The Labute approximate surface area is 196 Å². The van der Waals surface area contributed by atoms with Crippen LogP contribution in [-0.2, 0) is 4.79 Å². The monoisotopic (exact) mass is 446 g/mol. The fourth-order valence-corrected chi connectivity index (χ4v) is 4.54. The van der Waals surface area contributed by atoms with E-state index in [4.69, 9.17) is 4.99 Å². The van der Waals surface area contributed by atoms with Gasteiger partial charge in [-0.3, -0.25) is 9.59 Å². The molecule has 1 saturated carbocycles. The summed E-state index contributed by atoms with van der Waals surface area (Å²) in [6.07, 6.45) is 14.5. The Hall–Kier alpha value is -3.15. The van der Waals surface area contributed by atoms with Crippen molar-refractivity contribution in [2.45, 2.75) is 71.3 Å². The molecule has 0 saturated heterocycles. The van der Waals surface area contributed by atoms with E-state index in [1.54, 1.807) is 0 Å². The summed E-state index contributed by atoms with van der Waals surface area (Å²) in [5, 5.41) is 9.52. The van der Waals surface area contributed by atoms with Crippen LogP contribution in [0.25, 0.3) is 0 Å². The van der Waals surface area contributed by atoms with Crippen molar-refractivity contribution in [3.05, 3.63) is 58.8 Å². The first-order chi connectivity index (χ1) is 16.0. The Morgan fingerprint density at radius 1 is 1.06 bits per heavy atom. The van der Waals surface area contributed by atoms with Crippen molar-refractivity contribution in [2.24, 2.45) is 4.99 Å². The van der Waals surface area contributed by atoms with Gasteiger partial charge >= 0.3 is 0 Å². The molecule has 0 atom stereocenters. The van der Waals surface area contributed by atoms with Crippen LogP contribution in [0.5, 0.6) is 0 Å². The highest BCUT2D eigenvalue weighted by atomic mass is 16.2. The number of carbonyl (C=O) groups is 2. The molecule has 174 valence electrons. The van der Waals surface area contributed by atoms with Crippen LogP contribution in [0.2, 0.25) is 0 Å². The van der Waals surface area contributed by atoms with Gasteiger partial charge in [0.25, 0.3) is 11.8 Å². The molecule has 0 radical (unpaired) electrons. The zero-order valence-electron chi connectivity index (χ0n) is 19.7. The van der Waals surface area contributed by atoms with Gasteiger partial charge in [-0.25, -0.2) is 4.99 Å². The average Bonchev–Trinajstić information content (AvgIpc) is 3.35. The molecule has 4 rings (SSSR count). The minimum atomic E-state index is -0.0262. The summed E-state index contributed by atoms with van der Waals surface area (Å²) in [6.45, 7) is 4.53. The number of aliphatic imine (C=N–C) groups is 1. The lowest BCUT2D eigenvalue weighted by Crippen LogP contribution is -2.32. The van der Waals surface area contributed by atoms with Crippen molar-refractivity contribution in [2.75, 3.05) is 11.9 Å². The molecule has 33 heavy (non-hydrogen) atoms. The van der Waals surface area contributed by atoms with E-state index in [1.165, 1.54) is 19.3 Å². The molecule has 0 spiro atoms. The number of carbonyl (C=O) groups excluding carboxylic acids is 2. The SMILES string of the molecule is C/C(=C\C=C(/C)C1=Nc2cc(C(=O)NC3CCCC3)ccc2NC1)NC(=O)C1=CCCCC1. The van der Waals surface area contributed by atoms with Crippen molar-refractivity contribution >= 4 is 28.9 Å². The van der Waals surface area contributed by atoms with E-state index < -0.39 is 0 Å². The predicted molar refractivity (Wildman–Crippen MR) is 134 cm³/mol. The van der Waals surface area contributed by atoms with Gasteiger partial charge in [-0.15, -0.1) is 0 Å². The Morgan fingerprint density at radius 3 is 2.64 bits per heavy atom. The molecule has 6 nitrogen and oxygen atoms in total. The van der Waals surface area contributed by atoms with Gasteiger partial charge in [-0.2, -0.15) is 0 Å². The lowest BCUT2D eigenvalue weighted by molar-refractivity contribution is -0.117. The van der Waals surface area contributed by atoms with Crippen LogP contribution in [0, 0.1) is 0 Å². The van der Waals surface area contributed by atoms with Gasteiger partial charge in [0.15, 0.2) is 0 Å². The largest absolute Gasteiger partial charge is 0.378 e. The number of fused-ring (bicyclic) bond motifs is 1. The van der Waals surface area contributed by atoms with E-state index in [0.717, 1.165) is 66.0 Å². The summed E-state index contributed by atoms with van der Waals surface area (Å²) >= 11 is 0. The highest BCUT2D eigenvalue weighted by Crippen LogP contribution is 2.30. The molecule has 1 aliphatic heterocycles. The number of benzene rings is 1. The summed E-state index contributed by atoms with van der Waals surface area (Å²) < 4.78 is 0. The summed E-state index contributed by atoms with van der Waals surface area (Å²) in [5.74, 6) is -0.0230. The van der Waals surface area contributed by atoms with Crippen molar-refractivity contribution in [1.29, 1.82) is 0 Å². The van der Waals surface area contributed by atoms with Gasteiger partial charge in [0.1, 0.15) is 0 Å². The molecule has 0 unspecified atom stereocenters. The Kier molecular flexibility index (Phi) is 7.43. The maximum Gasteiger partial charge on any atom is 0.251 e. The van der Waals surface area contributed by atoms with Crippen molar-refractivity contribution in [1.82, 2.24) is 10.6 Å². The van der Waals surface area contributed by atoms with E-state index >= 15 is 0 Å². The third-order valence-electron chi connectivity index (χ3n) is 6.58. The first-order valence-corrected chi connectivity index (χ1v) is 12.1. The van der Waals surface area contributed by atoms with Crippen LogP contribution < -0.4 is 16.0 Å². The molecule has 3 aliphatic rings. The molecule has 0 aromatic heterocycles. The van der Waals surface area contributed by atoms with Crippen LogP contribution >= 0.6 is 0 Å². The number of hydrogen-bond donors (Lipinski definition) is 3. The molecule has 3 N–H and O–H groups in total. The Morgan fingerprint density at radius 2 is 1.88 bits per heavy atom. The summed E-state index contributed by atoms with van der Waals surface area (Å²) in [4.78, 5) is 29.8. The van der Waals surface area contributed by atoms with Crippen molar-refractivity contribution in [3.8, 4) is 0 Å². The zero-order chi connectivity index (χ0) is 23.2. The number of allylic oxidation sites excluding steroid dienone is 4. The fourth-order valence-electron chi connectivity index (χ4n) is 4.54. The van der Waals surface area contributed by atoms with Crippen LogP contribution in [0.15, 0.2) is 58.3 Å². The van der Waals surface area contributed by atoms with Crippen LogP contribution in [0.3, 0.4) is 0 Å². The number of nitrogens with zero attached hydrogens (tertiary/aromatic N) is 1. The number of hydrogen-bond acceptors (Lipinski definition) is 4. The molecule has 1 heterocycles. The standard InChI is InChI=1S/C27H34N4O2/c1-18(12-13-19(2)29-26(32)20-8-4-3-5-9-20)25-17-28-23-15-14-21(16-24(23)31-25)27(33)30-22-10-6-7-11-22/h8,12-16,22,28H,3-7,9-11,17H2,1-2H3,(H,29,32)(H,30,33)/b18-12+,19-13+. The smallest absolute Gasteiger partial charge is 0.251 e. The van der Waals surface area contributed by atoms with Crippen molar-refractivity contribution in [3.63, 3.8) is 0 Å². The molecule has 6 heteroatoms. The van der Waals surface area contributed by atoms with E-state index in [2.05, 4.69) is 22.0 Å². The number of amides is 2. The van der Waals surface area contributed by atoms with Crippen molar-refractivity contribution < 1.29 is 9.59 Å². The van der Waals surface area contributed by atoms with Gasteiger partial charge in [-0.05, 0) is 82.2 Å². The lowest BCUT2D eigenvalue weighted by atomic mass is 9.99. The van der Waals surface area contributed by atoms with Crippen LogP contribution in [0.4, 0.5) is 11.4 Å². The van der Waals surface area contributed by atoms with Gasteiger partial charge in [0.05, 0.1) is 23.6 Å². The predicted octanol–water partition coefficient (Wildman–Crippen LogP) is 5.32. The molecule has 0 bridgehead atoms. The fraction of sp³-hybridized carbons (Fsp3) is 0.444. The third-order valence-corrected chi connectivity index (χ3v) is 6.58. The number of nitrogens with one attached hydrogen (secondary N) is 3. The van der Waals surface area contributed by atoms with E-state index in [-0.39, 0.29) is 11.8 Å². The Bertz CT molecular complexity index is 1040. The third kappa shape index (κ3) is 6.01. The highest BCUT2D eigenvalue weighted by Gasteiger charge is 2.20. The molecule has 2 aliphatic carbocycles. The van der Waals surface area contributed by atoms with E-state index in [9.17, 15) is 9.59 Å². The van der Waals surface area contributed by atoms with Gasteiger partial charge in [-0.1, -0.05) is 25.0 Å². The lowest BCUT2D eigenvalue weighted by Gasteiger charge is -2.19. The molecular weight excluding hydrogens is 412 g/mol. The molecule has 1 fully saturated rings. The minimum absolute atomic E-state index is 0.00325. The molecule has 2 amide bonds. The second kappa shape index (κ2) is 10.6. The number of anilines is 1. The van der Waals surface area contributed by atoms with Crippen LogP contribution in [0.1, 0.15) is 75.6 Å². The minimum Gasteiger partial charge on any atom is -0.378 e. The van der Waals surface area contributed by atoms with Crippen LogP contribution in [-0.4, -0.2) is 30.1 Å². The second-order valence-corrected chi connectivity index (χ2v) is 9.23. The quantitative estimate of drug-likeness (QED) is 0.517. The van der Waals surface area contributed by atoms with Gasteiger partial charge in [0, 0.05) is 22.9 Å². The first kappa shape index (κ1) is 23.0. The molecule has 1 aromatic carbocycles. The summed E-state index contributed by atoms with van der Waals surface area (Å²) in [7, 11) is 0. The average molecular weight is 447 g/mol. The highest BCUT2D eigenvalue weighted by molar-refractivity contribution is 6.07. The van der Waals surface area contributed by atoms with Gasteiger partial charge in [0.2, 0.25) is 0 Å². The summed E-state index contributed by atoms with van der Waals surface area (Å²) in [6, 6.07) is 5.94. The molecular formula is C27H34N4O2. The van der Waals surface area contributed by atoms with Gasteiger partial charge < -0.3 is 16.0 Å². The van der Waals surface area contributed by atoms with E-state index in [1.807, 2.05) is 44.2 Å². The first-order valence-electron chi connectivity index (χ1n) is 12.1. The summed E-state index contributed by atoms with van der Waals surface area (Å²) in [5.41, 5.74) is 5.98. The normalized spacial score (nSPS) is 19.2. The Balaban J connectivity index is 1.42. The van der Waals surface area contributed by atoms with E-state index in [0.29, 0.717) is 18.2 Å². The maximum absolute atomic E-state index is 12.6. The maximum atomic E-state index is 12.6. The molecule has 1 aromatic rings. The topological polar surface area (TPSA) is 82.6 Å². The zero-order valence-corrected chi connectivity index (χ0v) is 19.7. The second-order valence-electron chi connectivity index (χ2n) is 9.23.